The SMILES string of the molecule is CCN(CCOC)CC(C)(N)C(=O)O. The highest BCUT2D eigenvalue weighted by Crippen LogP contribution is 2.03. The molecule has 84 valence electrons. The van der Waals surface area contributed by atoms with Crippen molar-refractivity contribution in [3.8, 4) is 0 Å². The first kappa shape index (κ1) is 13.4. The molecule has 0 aromatic heterocycles. The fourth-order valence-electron chi connectivity index (χ4n) is 1.10. The third-order valence-corrected chi connectivity index (χ3v) is 2.10. The van der Waals surface area contributed by atoms with Gasteiger partial charge in [0, 0.05) is 20.2 Å². The van der Waals surface area contributed by atoms with Gasteiger partial charge in [-0.1, -0.05) is 6.92 Å². The lowest BCUT2D eigenvalue weighted by Crippen LogP contribution is -2.54. The van der Waals surface area contributed by atoms with Crippen molar-refractivity contribution in [2.45, 2.75) is 19.4 Å². The van der Waals surface area contributed by atoms with E-state index in [-0.39, 0.29) is 0 Å². The molecule has 5 heteroatoms. The van der Waals surface area contributed by atoms with Crippen molar-refractivity contribution < 1.29 is 14.6 Å². The molecule has 1 unspecified atom stereocenters. The van der Waals surface area contributed by atoms with E-state index < -0.39 is 11.5 Å². The van der Waals surface area contributed by atoms with Gasteiger partial charge < -0.3 is 15.6 Å². The molecule has 0 saturated carbocycles. The zero-order valence-electron chi connectivity index (χ0n) is 9.12. The first-order valence-electron chi connectivity index (χ1n) is 4.67. The molecule has 0 aromatic carbocycles. The minimum Gasteiger partial charge on any atom is -0.480 e. The molecular weight excluding hydrogens is 184 g/mol. The highest BCUT2D eigenvalue weighted by atomic mass is 16.5. The van der Waals surface area contributed by atoms with Crippen LogP contribution in [-0.4, -0.2) is 54.9 Å². The van der Waals surface area contributed by atoms with Crippen LogP contribution in [0.5, 0.6) is 0 Å². The summed E-state index contributed by atoms with van der Waals surface area (Å²) in [6, 6.07) is 0. The van der Waals surface area contributed by atoms with Gasteiger partial charge in [-0.3, -0.25) is 9.69 Å². The number of rotatable bonds is 7. The largest absolute Gasteiger partial charge is 0.480 e. The van der Waals surface area contributed by atoms with Gasteiger partial charge in [0.15, 0.2) is 0 Å². The second-order valence-electron chi connectivity index (χ2n) is 3.58. The second kappa shape index (κ2) is 5.95. The van der Waals surface area contributed by atoms with Gasteiger partial charge in [-0.15, -0.1) is 0 Å². The summed E-state index contributed by atoms with van der Waals surface area (Å²) in [6.45, 7) is 5.88. The molecular formula is C9H20N2O3. The molecule has 0 aromatic rings. The summed E-state index contributed by atoms with van der Waals surface area (Å²) in [4.78, 5) is 12.7. The van der Waals surface area contributed by atoms with Crippen LogP contribution < -0.4 is 5.73 Å². The Bertz CT molecular complexity index is 183. The average molecular weight is 204 g/mol. The normalized spacial score (nSPS) is 15.5. The van der Waals surface area contributed by atoms with E-state index in [1.165, 1.54) is 6.92 Å². The summed E-state index contributed by atoms with van der Waals surface area (Å²) in [7, 11) is 1.62. The van der Waals surface area contributed by atoms with Gasteiger partial charge in [-0.25, -0.2) is 0 Å². The van der Waals surface area contributed by atoms with E-state index in [9.17, 15) is 4.79 Å². The van der Waals surface area contributed by atoms with Crippen molar-refractivity contribution in [2.24, 2.45) is 5.73 Å². The van der Waals surface area contributed by atoms with Crippen molar-refractivity contribution in [3.63, 3.8) is 0 Å². The van der Waals surface area contributed by atoms with Gasteiger partial charge in [-0.2, -0.15) is 0 Å². The van der Waals surface area contributed by atoms with E-state index in [1.54, 1.807) is 7.11 Å². The monoisotopic (exact) mass is 204 g/mol. The van der Waals surface area contributed by atoms with Crippen molar-refractivity contribution in [3.05, 3.63) is 0 Å². The Morgan fingerprint density at radius 3 is 2.57 bits per heavy atom. The third kappa shape index (κ3) is 4.55. The van der Waals surface area contributed by atoms with Crippen molar-refractivity contribution >= 4 is 5.97 Å². The Labute approximate surface area is 84.8 Å². The van der Waals surface area contributed by atoms with Crippen LogP contribution in [0.4, 0.5) is 0 Å². The maximum absolute atomic E-state index is 10.8. The van der Waals surface area contributed by atoms with Crippen LogP contribution in [0.15, 0.2) is 0 Å². The number of aliphatic carboxylic acids is 1. The number of nitrogens with zero attached hydrogens (tertiary/aromatic N) is 1. The molecule has 0 amide bonds. The highest BCUT2D eigenvalue weighted by Gasteiger charge is 2.29. The van der Waals surface area contributed by atoms with Gasteiger partial charge in [-0.05, 0) is 13.5 Å². The number of ether oxygens (including phenoxy) is 1. The number of carboxylic acids is 1. The van der Waals surface area contributed by atoms with Gasteiger partial charge in [0.25, 0.3) is 0 Å². The molecule has 0 saturated heterocycles. The molecule has 14 heavy (non-hydrogen) atoms. The van der Waals surface area contributed by atoms with Crippen LogP contribution in [0.25, 0.3) is 0 Å². The maximum Gasteiger partial charge on any atom is 0.324 e. The zero-order chi connectivity index (χ0) is 11.2. The van der Waals surface area contributed by atoms with Gasteiger partial charge in [0.2, 0.25) is 0 Å². The minimum atomic E-state index is -1.19. The number of carbonyl (C=O) groups is 1. The summed E-state index contributed by atoms with van der Waals surface area (Å²) >= 11 is 0. The van der Waals surface area contributed by atoms with Crippen LogP contribution in [0.2, 0.25) is 0 Å². The average Bonchev–Trinajstić information content (AvgIpc) is 2.11. The van der Waals surface area contributed by atoms with Gasteiger partial charge in [0.05, 0.1) is 6.61 Å². The molecule has 0 aliphatic rings. The van der Waals surface area contributed by atoms with Crippen molar-refractivity contribution in [2.75, 3.05) is 33.4 Å². The molecule has 0 radical (unpaired) electrons. The molecule has 0 fully saturated rings. The van der Waals surface area contributed by atoms with Crippen molar-refractivity contribution in [1.82, 2.24) is 4.90 Å². The van der Waals surface area contributed by atoms with Gasteiger partial charge >= 0.3 is 5.97 Å². The molecule has 0 aliphatic carbocycles. The predicted molar refractivity (Wildman–Crippen MR) is 54.2 cm³/mol. The summed E-state index contributed by atoms with van der Waals surface area (Å²) in [5.74, 6) is -0.978. The smallest absolute Gasteiger partial charge is 0.324 e. The van der Waals surface area contributed by atoms with E-state index in [2.05, 4.69) is 0 Å². The number of methoxy groups -OCH3 is 1. The Morgan fingerprint density at radius 2 is 2.21 bits per heavy atom. The van der Waals surface area contributed by atoms with Crippen LogP contribution in [-0.2, 0) is 9.53 Å². The molecule has 0 spiro atoms. The maximum atomic E-state index is 10.8. The predicted octanol–water partition coefficient (Wildman–Crippen LogP) is -0.243. The highest BCUT2D eigenvalue weighted by molar-refractivity contribution is 5.78. The summed E-state index contributed by atoms with van der Waals surface area (Å²) in [5, 5.41) is 8.83. The van der Waals surface area contributed by atoms with E-state index in [1.807, 2.05) is 11.8 Å². The zero-order valence-corrected chi connectivity index (χ0v) is 9.12. The lowest BCUT2D eigenvalue weighted by Gasteiger charge is -2.28. The Balaban J connectivity index is 4.09. The molecule has 3 N–H and O–H groups in total. The fourth-order valence-corrected chi connectivity index (χ4v) is 1.10. The number of carboxylic acid groups (broad SMARTS) is 1. The third-order valence-electron chi connectivity index (χ3n) is 2.10. The van der Waals surface area contributed by atoms with Crippen molar-refractivity contribution in [1.29, 1.82) is 0 Å². The molecule has 0 bridgehead atoms. The molecule has 5 nitrogen and oxygen atoms in total. The van der Waals surface area contributed by atoms with Crippen LogP contribution >= 0.6 is 0 Å². The van der Waals surface area contributed by atoms with E-state index in [4.69, 9.17) is 15.6 Å². The first-order valence-corrected chi connectivity index (χ1v) is 4.67. The van der Waals surface area contributed by atoms with E-state index in [0.717, 1.165) is 6.54 Å². The molecule has 0 aliphatic heterocycles. The van der Waals surface area contributed by atoms with Crippen LogP contribution in [0, 0.1) is 0 Å². The standard InChI is InChI=1S/C9H20N2O3/c1-4-11(5-6-14-3)7-9(2,10)8(12)13/h4-7,10H2,1-3H3,(H,12,13). The topological polar surface area (TPSA) is 75.8 Å². The summed E-state index contributed by atoms with van der Waals surface area (Å²) in [6.07, 6.45) is 0. The van der Waals surface area contributed by atoms with Crippen LogP contribution in [0.1, 0.15) is 13.8 Å². The minimum absolute atomic E-state index is 0.336. The van der Waals surface area contributed by atoms with E-state index in [0.29, 0.717) is 19.7 Å². The summed E-state index contributed by atoms with van der Waals surface area (Å²) in [5.41, 5.74) is 4.43. The first-order chi connectivity index (χ1) is 6.44. The Morgan fingerprint density at radius 1 is 1.64 bits per heavy atom. The lowest BCUT2D eigenvalue weighted by atomic mass is 10.0. The second-order valence-corrected chi connectivity index (χ2v) is 3.58. The molecule has 0 rings (SSSR count). The fraction of sp³-hybridized carbons (Fsp3) is 0.889. The summed E-state index contributed by atoms with van der Waals surface area (Å²) < 4.78 is 4.92. The number of hydrogen-bond donors (Lipinski definition) is 2. The molecule has 1 atom stereocenters. The number of nitrogens with two attached hydrogens (primary N) is 1. The molecule has 0 heterocycles. The number of likely N-dealkylation sites (N-methyl/N-ethyl adjacent to an activating group) is 1. The Kier molecular flexibility index (Phi) is 5.68. The quantitative estimate of drug-likeness (QED) is 0.598. The Hall–Kier alpha value is -0.650. The number of hydrogen-bond acceptors (Lipinski definition) is 4. The lowest BCUT2D eigenvalue weighted by molar-refractivity contribution is -0.143. The van der Waals surface area contributed by atoms with Gasteiger partial charge in [0.1, 0.15) is 5.54 Å². The van der Waals surface area contributed by atoms with Crippen LogP contribution in [0.3, 0.4) is 0 Å². The van der Waals surface area contributed by atoms with E-state index >= 15 is 0 Å².